The van der Waals surface area contributed by atoms with E-state index < -0.39 is 5.82 Å². The van der Waals surface area contributed by atoms with E-state index in [0.717, 1.165) is 12.8 Å². The van der Waals surface area contributed by atoms with Crippen molar-refractivity contribution in [3.8, 4) is 0 Å². The van der Waals surface area contributed by atoms with Gasteiger partial charge in [-0.25, -0.2) is 9.29 Å². The molecule has 3 nitrogen and oxygen atoms in total. The van der Waals surface area contributed by atoms with Crippen LogP contribution in [0.5, 0.6) is 0 Å². The van der Waals surface area contributed by atoms with Gasteiger partial charge in [0.25, 0.3) is 0 Å². The van der Waals surface area contributed by atoms with E-state index in [4.69, 9.17) is 0 Å². The Hall–Kier alpha value is -1.71. The predicted octanol–water partition coefficient (Wildman–Crippen LogP) is 2.61. The van der Waals surface area contributed by atoms with E-state index in [2.05, 4.69) is 0 Å². The summed E-state index contributed by atoms with van der Waals surface area (Å²) in [6, 6.07) is 5.83. The van der Waals surface area contributed by atoms with Gasteiger partial charge >= 0.3 is 0 Å². The maximum absolute atomic E-state index is 13.4. The summed E-state index contributed by atoms with van der Waals surface area (Å²) in [5.41, 5.74) is 0.396. The number of amides is 2. The summed E-state index contributed by atoms with van der Waals surface area (Å²) in [4.78, 5) is 26.9. The topological polar surface area (TPSA) is 37.4 Å². The molecule has 21 heavy (non-hydrogen) atoms. The fourth-order valence-electron chi connectivity index (χ4n) is 5.41. The molecule has 1 aromatic rings. The van der Waals surface area contributed by atoms with Gasteiger partial charge in [-0.05, 0) is 61.1 Å². The van der Waals surface area contributed by atoms with Crippen molar-refractivity contribution in [2.75, 3.05) is 4.90 Å². The van der Waals surface area contributed by atoms with Crippen LogP contribution in [0.1, 0.15) is 19.3 Å². The third kappa shape index (κ3) is 1.38. The van der Waals surface area contributed by atoms with E-state index >= 15 is 0 Å². The first-order chi connectivity index (χ1) is 10.2. The molecule has 0 radical (unpaired) electrons. The first kappa shape index (κ1) is 11.9. The second-order valence-electron chi connectivity index (χ2n) is 7.01. The lowest BCUT2D eigenvalue weighted by atomic mass is 9.59. The molecule has 1 aliphatic heterocycles. The molecule has 1 aromatic carbocycles. The summed E-state index contributed by atoms with van der Waals surface area (Å²) < 4.78 is 13.4. The predicted molar refractivity (Wildman–Crippen MR) is 73.7 cm³/mol. The van der Waals surface area contributed by atoms with Crippen molar-refractivity contribution in [2.24, 2.45) is 35.5 Å². The summed E-state index contributed by atoms with van der Waals surface area (Å²) in [6.07, 6.45) is 3.38. The average molecular weight is 285 g/mol. The number of carbonyl (C=O) groups is 2. The van der Waals surface area contributed by atoms with Crippen molar-refractivity contribution >= 4 is 17.5 Å². The van der Waals surface area contributed by atoms with E-state index in [1.165, 1.54) is 23.5 Å². The molecule has 0 N–H and O–H groups in total. The van der Waals surface area contributed by atoms with Crippen molar-refractivity contribution in [1.29, 1.82) is 0 Å². The first-order valence-corrected chi connectivity index (χ1v) is 7.80. The minimum absolute atomic E-state index is 0.0874. The summed E-state index contributed by atoms with van der Waals surface area (Å²) in [7, 11) is 0. The zero-order valence-corrected chi connectivity index (χ0v) is 11.5. The van der Waals surface area contributed by atoms with Gasteiger partial charge in [-0.1, -0.05) is 6.07 Å². The number of rotatable bonds is 1. The molecule has 0 spiro atoms. The molecular weight excluding hydrogens is 269 g/mol. The highest BCUT2D eigenvalue weighted by molar-refractivity contribution is 6.22. The number of imide groups is 1. The Kier molecular flexibility index (Phi) is 2.11. The number of carbonyl (C=O) groups excluding carboxylic acids is 2. The normalized spacial score (nSPS) is 43.0. The maximum Gasteiger partial charge on any atom is 0.237 e. The van der Waals surface area contributed by atoms with Gasteiger partial charge in [-0.3, -0.25) is 9.59 Å². The number of benzene rings is 1. The van der Waals surface area contributed by atoms with Crippen LogP contribution in [-0.2, 0) is 9.59 Å². The standard InChI is InChI=1S/C17H16FNO2/c18-8-2-1-3-9(6-8)19-16(20)14-10-4-5-11(13-7-12(10)13)15(14)17(19)21/h1-3,6,10-15H,4-5,7H2. The molecule has 6 unspecified atom stereocenters. The van der Waals surface area contributed by atoms with E-state index in [0.29, 0.717) is 29.4 Å². The zero-order valence-electron chi connectivity index (χ0n) is 11.5. The van der Waals surface area contributed by atoms with Crippen LogP contribution in [0.2, 0.25) is 0 Å². The van der Waals surface area contributed by atoms with Crippen LogP contribution in [0.25, 0.3) is 0 Å². The molecule has 5 fully saturated rings. The van der Waals surface area contributed by atoms with Crippen LogP contribution >= 0.6 is 0 Å². The first-order valence-electron chi connectivity index (χ1n) is 7.80. The third-order valence-electron chi connectivity index (χ3n) is 6.21. The molecule has 2 amide bonds. The fourth-order valence-corrected chi connectivity index (χ4v) is 5.41. The number of hydrogen-bond donors (Lipinski definition) is 0. The van der Waals surface area contributed by atoms with Crippen LogP contribution in [0.15, 0.2) is 24.3 Å². The Morgan fingerprint density at radius 3 is 2.14 bits per heavy atom. The lowest BCUT2D eigenvalue weighted by Crippen LogP contribution is -2.43. The lowest BCUT2D eigenvalue weighted by molar-refractivity contribution is -0.129. The van der Waals surface area contributed by atoms with Gasteiger partial charge < -0.3 is 0 Å². The van der Waals surface area contributed by atoms with E-state index in [1.807, 2.05) is 0 Å². The second-order valence-corrected chi connectivity index (χ2v) is 7.01. The van der Waals surface area contributed by atoms with Crippen molar-refractivity contribution in [1.82, 2.24) is 0 Å². The summed E-state index contributed by atoms with van der Waals surface area (Å²) in [6.45, 7) is 0. The highest BCUT2D eigenvalue weighted by Gasteiger charge is 2.68. The van der Waals surface area contributed by atoms with Crippen molar-refractivity contribution in [3.63, 3.8) is 0 Å². The zero-order chi connectivity index (χ0) is 14.3. The van der Waals surface area contributed by atoms with Crippen molar-refractivity contribution < 1.29 is 14.0 Å². The Labute approximate surface area is 122 Å². The molecule has 4 aliphatic carbocycles. The molecule has 0 aromatic heterocycles. The van der Waals surface area contributed by atoms with Gasteiger partial charge in [0.2, 0.25) is 11.8 Å². The van der Waals surface area contributed by atoms with Crippen LogP contribution < -0.4 is 4.90 Å². The van der Waals surface area contributed by atoms with Gasteiger partial charge in [0.15, 0.2) is 0 Å². The summed E-state index contributed by atoms with van der Waals surface area (Å²) in [5, 5.41) is 0. The molecule has 6 rings (SSSR count). The smallest absolute Gasteiger partial charge is 0.237 e. The van der Waals surface area contributed by atoms with Crippen molar-refractivity contribution in [2.45, 2.75) is 19.3 Å². The van der Waals surface area contributed by atoms with Gasteiger partial charge in [0, 0.05) is 0 Å². The molecular formula is C17H16FNO2. The highest BCUT2D eigenvalue weighted by atomic mass is 19.1. The monoisotopic (exact) mass is 285 g/mol. The van der Waals surface area contributed by atoms with Gasteiger partial charge in [-0.2, -0.15) is 0 Å². The molecule has 2 bridgehead atoms. The van der Waals surface area contributed by atoms with Crippen LogP contribution in [-0.4, -0.2) is 11.8 Å². The Bertz CT molecular complexity index is 639. The molecule has 6 atom stereocenters. The number of anilines is 1. The Morgan fingerprint density at radius 2 is 1.57 bits per heavy atom. The third-order valence-corrected chi connectivity index (χ3v) is 6.21. The number of nitrogens with zero attached hydrogens (tertiary/aromatic N) is 1. The Morgan fingerprint density at radius 1 is 0.952 bits per heavy atom. The van der Waals surface area contributed by atoms with Gasteiger partial charge in [0.1, 0.15) is 5.82 Å². The molecule has 1 saturated heterocycles. The molecule has 108 valence electrons. The SMILES string of the molecule is O=C1C2C3CCC(C4CC43)C2C(=O)N1c1cccc(F)c1. The van der Waals surface area contributed by atoms with Gasteiger partial charge in [-0.15, -0.1) is 0 Å². The van der Waals surface area contributed by atoms with Gasteiger partial charge in [0.05, 0.1) is 17.5 Å². The quantitative estimate of drug-likeness (QED) is 0.744. The van der Waals surface area contributed by atoms with Crippen LogP contribution in [0.4, 0.5) is 10.1 Å². The number of fused-ring (bicyclic) bond motifs is 1. The van der Waals surface area contributed by atoms with Crippen LogP contribution in [0, 0.1) is 41.3 Å². The second kappa shape index (κ2) is 3.73. The minimum atomic E-state index is -0.409. The fraction of sp³-hybridized carbons (Fsp3) is 0.529. The molecule has 4 heteroatoms. The number of hydrogen-bond acceptors (Lipinski definition) is 2. The number of halogens is 1. The van der Waals surface area contributed by atoms with Crippen LogP contribution in [0.3, 0.4) is 0 Å². The highest BCUT2D eigenvalue weighted by Crippen LogP contribution is 2.68. The maximum atomic E-state index is 13.4. The molecule has 5 aliphatic rings. The van der Waals surface area contributed by atoms with Crippen molar-refractivity contribution in [3.05, 3.63) is 30.1 Å². The van der Waals surface area contributed by atoms with E-state index in [9.17, 15) is 14.0 Å². The largest absolute Gasteiger partial charge is 0.274 e. The van der Waals surface area contributed by atoms with E-state index in [-0.39, 0.29) is 23.7 Å². The minimum Gasteiger partial charge on any atom is -0.274 e. The average Bonchev–Trinajstić information content (AvgIpc) is 3.24. The Balaban J connectivity index is 1.58. The van der Waals surface area contributed by atoms with E-state index in [1.54, 1.807) is 12.1 Å². The lowest BCUT2D eigenvalue weighted by Gasteiger charge is -2.42. The summed E-state index contributed by atoms with van der Waals surface area (Å²) in [5.74, 6) is 1.27. The summed E-state index contributed by atoms with van der Waals surface area (Å²) >= 11 is 0. The molecule has 4 saturated carbocycles. The molecule has 1 heterocycles.